The van der Waals surface area contributed by atoms with E-state index >= 15 is 0 Å². The molecule has 0 spiro atoms. The van der Waals surface area contributed by atoms with Crippen molar-refractivity contribution in [2.45, 2.75) is 149 Å². The van der Waals surface area contributed by atoms with Gasteiger partial charge in [-0.25, -0.2) is 4.57 Å². The van der Waals surface area contributed by atoms with Gasteiger partial charge in [0.2, 0.25) is 0 Å². The van der Waals surface area contributed by atoms with Crippen LogP contribution in [0.5, 0.6) is 0 Å². The molecule has 2 aromatic rings. The van der Waals surface area contributed by atoms with Crippen LogP contribution in [0, 0.1) is 0 Å². The second-order valence-corrected chi connectivity index (χ2v) is 10.4. The molecule has 0 aliphatic carbocycles. The predicted molar refractivity (Wildman–Crippen MR) is 149 cm³/mol. The van der Waals surface area contributed by atoms with Gasteiger partial charge in [0.05, 0.1) is 6.54 Å². The maximum Gasteiger partial charge on any atom is 0.261 e. The van der Waals surface area contributed by atoms with Crippen LogP contribution in [0.2, 0.25) is 0 Å². The molecule has 0 aliphatic rings. The molecule has 34 heavy (non-hydrogen) atoms. The van der Waals surface area contributed by atoms with Crippen LogP contribution in [0.1, 0.15) is 142 Å². The summed E-state index contributed by atoms with van der Waals surface area (Å²) in [4.78, 5) is 0. The predicted octanol–water partition coefficient (Wildman–Crippen LogP) is 9.76. The Labute approximate surface area is 212 Å². The zero-order valence-corrected chi connectivity index (χ0v) is 22.8. The highest BCUT2D eigenvalue weighted by Crippen LogP contribution is 2.15. The first-order valence-electron chi connectivity index (χ1n) is 15.0. The molecule has 0 fully saturated rings. The number of hydrogen-bond acceptors (Lipinski definition) is 0. The van der Waals surface area contributed by atoms with Crippen molar-refractivity contribution in [2.24, 2.45) is 0 Å². The Morgan fingerprint density at radius 2 is 1.03 bits per heavy atom. The van der Waals surface area contributed by atoms with Gasteiger partial charge < -0.3 is 0 Å². The lowest BCUT2D eigenvalue weighted by molar-refractivity contribution is -0.704. The van der Waals surface area contributed by atoms with Crippen LogP contribution in [0.3, 0.4) is 0 Å². The zero-order valence-electron chi connectivity index (χ0n) is 22.8. The van der Waals surface area contributed by atoms with Crippen molar-refractivity contribution in [3.8, 4) is 5.69 Å². The average molecular weight is 468 g/mol. The fourth-order valence-corrected chi connectivity index (χ4v) is 5.11. The van der Waals surface area contributed by atoms with Gasteiger partial charge in [-0.1, -0.05) is 135 Å². The molecule has 0 atom stereocenters. The van der Waals surface area contributed by atoms with Gasteiger partial charge in [0.1, 0.15) is 18.1 Å². The minimum atomic E-state index is 1.16. The maximum absolute atomic E-state index is 2.53. The molecule has 0 aliphatic heterocycles. The van der Waals surface area contributed by atoms with Gasteiger partial charge in [-0.15, -0.1) is 0 Å². The first kappa shape index (κ1) is 28.7. The average Bonchev–Trinajstić information content (AvgIpc) is 3.27. The summed E-state index contributed by atoms with van der Waals surface area (Å²) in [6.07, 6.45) is 32.4. The van der Waals surface area contributed by atoms with Crippen LogP contribution in [0.25, 0.3) is 5.69 Å². The van der Waals surface area contributed by atoms with Crippen molar-refractivity contribution in [3.63, 3.8) is 0 Å². The second-order valence-electron chi connectivity index (χ2n) is 10.4. The maximum atomic E-state index is 2.53. The zero-order chi connectivity index (χ0) is 24.1. The molecule has 0 saturated heterocycles. The van der Waals surface area contributed by atoms with Crippen molar-refractivity contribution >= 4 is 0 Å². The van der Waals surface area contributed by atoms with Gasteiger partial charge >= 0.3 is 0 Å². The Balaban J connectivity index is 1.64. The van der Waals surface area contributed by atoms with Gasteiger partial charge in [-0.3, -0.25) is 0 Å². The van der Waals surface area contributed by atoms with Crippen molar-refractivity contribution in [1.82, 2.24) is 4.57 Å². The molecular formula is C32H55N2+. The summed E-state index contributed by atoms with van der Waals surface area (Å²) in [7, 11) is 0. The fraction of sp³-hybridized carbons (Fsp3) is 0.719. The molecule has 0 bridgehead atoms. The van der Waals surface area contributed by atoms with E-state index < -0.39 is 0 Å². The standard InChI is InChI=1S/C32H55N2/c1-3-5-7-9-10-11-12-13-14-15-16-17-18-23-27-32-33(28-24-19-8-6-4-2)29-30-34(32)31-25-21-20-22-26-31/h20-22,25-26,29-30H,3-19,23-24,27-28H2,1-2H3/q+1. The lowest BCUT2D eigenvalue weighted by Crippen LogP contribution is -2.37. The van der Waals surface area contributed by atoms with E-state index in [1.807, 2.05) is 0 Å². The Morgan fingerprint density at radius 1 is 0.559 bits per heavy atom. The van der Waals surface area contributed by atoms with Crippen LogP contribution in [-0.4, -0.2) is 4.57 Å². The minimum Gasteiger partial charge on any atom is -0.234 e. The van der Waals surface area contributed by atoms with Gasteiger partial charge in [0.25, 0.3) is 5.82 Å². The normalized spacial score (nSPS) is 11.4. The van der Waals surface area contributed by atoms with Crippen LogP contribution >= 0.6 is 0 Å². The smallest absolute Gasteiger partial charge is 0.234 e. The molecule has 2 nitrogen and oxygen atoms in total. The monoisotopic (exact) mass is 467 g/mol. The molecule has 2 heteroatoms. The van der Waals surface area contributed by atoms with E-state index in [9.17, 15) is 0 Å². The van der Waals surface area contributed by atoms with Crippen LogP contribution in [0.15, 0.2) is 42.7 Å². The Bertz CT molecular complexity index is 703. The van der Waals surface area contributed by atoms with Crippen LogP contribution < -0.4 is 4.57 Å². The van der Waals surface area contributed by atoms with Crippen molar-refractivity contribution < 1.29 is 4.57 Å². The molecule has 0 amide bonds. The Morgan fingerprint density at radius 3 is 1.56 bits per heavy atom. The third kappa shape index (κ3) is 12.2. The summed E-state index contributed by atoms with van der Waals surface area (Å²) in [6, 6.07) is 10.9. The van der Waals surface area contributed by atoms with E-state index in [2.05, 4.69) is 65.7 Å². The van der Waals surface area contributed by atoms with Crippen LogP contribution in [-0.2, 0) is 13.0 Å². The highest BCUT2D eigenvalue weighted by atomic mass is 15.1. The summed E-state index contributed by atoms with van der Waals surface area (Å²) in [5, 5.41) is 0. The first-order chi connectivity index (χ1) is 16.9. The Kier molecular flexibility index (Phi) is 16.6. The Hall–Kier alpha value is -1.57. The highest BCUT2D eigenvalue weighted by molar-refractivity contribution is 5.31. The summed E-state index contributed by atoms with van der Waals surface area (Å²) in [6.45, 7) is 5.76. The third-order valence-corrected chi connectivity index (χ3v) is 7.30. The van der Waals surface area contributed by atoms with Crippen molar-refractivity contribution in [3.05, 3.63) is 48.5 Å². The quantitative estimate of drug-likeness (QED) is 0.120. The SMILES string of the molecule is CCCCCCCCCCCCCCCCc1n(-c2ccccc2)cc[n+]1CCCCCCC. The number of aryl methyl sites for hydroxylation is 1. The van der Waals surface area contributed by atoms with Gasteiger partial charge in [-0.05, 0) is 31.4 Å². The number of aromatic nitrogens is 2. The fourth-order valence-electron chi connectivity index (χ4n) is 5.11. The van der Waals surface area contributed by atoms with E-state index in [0.717, 1.165) is 6.54 Å². The van der Waals surface area contributed by atoms with E-state index in [4.69, 9.17) is 0 Å². The number of unbranched alkanes of at least 4 members (excludes halogenated alkanes) is 17. The molecule has 0 unspecified atom stereocenters. The largest absolute Gasteiger partial charge is 0.261 e. The van der Waals surface area contributed by atoms with E-state index in [1.54, 1.807) is 0 Å². The summed E-state index contributed by atoms with van der Waals surface area (Å²) < 4.78 is 4.95. The third-order valence-electron chi connectivity index (χ3n) is 7.30. The summed E-state index contributed by atoms with van der Waals surface area (Å²) in [5.74, 6) is 1.49. The molecule has 1 aromatic carbocycles. The molecule has 0 N–H and O–H groups in total. The number of hydrogen-bond donors (Lipinski definition) is 0. The number of nitrogens with zero attached hydrogens (tertiary/aromatic N) is 2. The van der Waals surface area contributed by atoms with Gasteiger partial charge in [-0.2, -0.15) is 4.57 Å². The van der Waals surface area contributed by atoms with Gasteiger partial charge in [0, 0.05) is 6.42 Å². The van der Waals surface area contributed by atoms with Crippen LogP contribution in [0.4, 0.5) is 0 Å². The molecule has 2 rings (SSSR count). The molecule has 1 aromatic heterocycles. The first-order valence-corrected chi connectivity index (χ1v) is 15.0. The van der Waals surface area contributed by atoms with Crippen molar-refractivity contribution in [2.75, 3.05) is 0 Å². The lowest BCUT2D eigenvalue weighted by Gasteiger charge is -2.06. The number of imidazole rings is 1. The number of rotatable bonds is 22. The van der Waals surface area contributed by atoms with E-state index in [-0.39, 0.29) is 0 Å². The lowest BCUT2D eigenvalue weighted by atomic mass is 10.0. The molecule has 0 saturated carbocycles. The minimum absolute atomic E-state index is 1.16. The molecular weight excluding hydrogens is 412 g/mol. The topological polar surface area (TPSA) is 8.81 Å². The van der Waals surface area contributed by atoms with E-state index in [0.29, 0.717) is 0 Å². The van der Waals surface area contributed by atoms with E-state index in [1.165, 1.54) is 140 Å². The molecule has 0 radical (unpaired) electrons. The number of benzene rings is 1. The molecule has 1 heterocycles. The summed E-state index contributed by atoms with van der Waals surface area (Å²) >= 11 is 0. The highest BCUT2D eigenvalue weighted by Gasteiger charge is 2.18. The van der Waals surface area contributed by atoms with Gasteiger partial charge in [0.15, 0.2) is 0 Å². The summed E-state index contributed by atoms with van der Waals surface area (Å²) in [5.41, 5.74) is 1.30. The number of para-hydroxylation sites is 1. The second kappa shape index (κ2) is 19.7. The van der Waals surface area contributed by atoms with Crippen molar-refractivity contribution in [1.29, 1.82) is 0 Å². The molecule has 192 valence electrons.